The summed E-state index contributed by atoms with van der Waals surface area (Å²) >= 11 is 0. The van der Waals surface area contributed by atoms with Crippen molar-refractivity contribution in [1.29, 1.82) is 5.26 Å². The Balaban J connectivity index is 2.32. The molecule has 0 aromatic heterocycles. The Hall–Kier alpha value is -3.07. The van der Waals surface area contributed by atoms with Crippen LogP contribution in [-0.4, -0.2) is 12.0 Å². The van der Waals surface area contributed by atoms with E-state index in [0.29, 0.717) is 17.8 Å². The number of rotatable bonds is 5. The number of anilines is 1. The van der Waals surface area contributed by atoms with Gasteiger partial charge < -0.3 is 10.1 Å². The smallest absolute Gasteiger partial charge is 0.275 e. The molecule has 0 saturated heterocycles. The second kappa shape index (κ2) is 6.59. The maximum atomic E-state index is 11.1. The molecule has 112 valence electrons. The summed E-state index contributed by atoms with van der Waals surface area (Å²) in [4.78, 5) is 10.6. The average Bonchev–Trinajstić information content (AvgIpc) is 2.53. The van der Waals surface area contributed by atoms with Gasteiger partial charge in [0.1, 0.15) is 5.75 Å². The first-order valence-corrected chi connectivity index (χ1v) is 6.61. The van der Waals surface area contributed by atoms with E-state index in [2.05, 4.69) is 5.32 Å². The first-order valence-electron chi connectivity index (χ1n) is 6.61. The van der Waals surface area contributed by atoms with Crippen LogP contribution >= 0.6 is 0 Å². The molecule has 0 aliphatic carbocycles. The molecule has 22 heavy (non-hydrogen) atoms. The molecule has 6 heteroatoms. The Kier molecular flexibility index (Phi) is 4.59. The molecule has 6 nitrogen and oxygen atoms in total. The second-order valence-corrected chi connectivity index (χ2v) is 4.70. The molecule has 0 amide bonds. The van der Waals surface area contributed by atoms with Crippen molar-refractivity contribution in [3.05, 3.63) is 63.2 Å². The monoisotopic (exact) mass is 297 g/mol. The van der Waals surface area contributed by atoms with Gasteiger partial charge in [0.25, 0.3) is 5.69 Å². The van der Waals surface area contributed by atoms with Crippen molar-refractivity contribution in [2.75, 3.05) is 12.4 Å². The maximum Gasteiger partial charge on any atom is 0.275 e. The van der Waals surface area contributed by atoms with Gasteiger partial charge in [-0.15, -0.1) is 0 Å². The average molecular weight is 297 g/mol. The molecule has 0 aliphatic heterocycles. The van der Waals surface area contributed by atoms with Crippen LogP contribution in [0.25, 0.3) is 0 Å². The summed E-state index contributed by atoms with van der Waals surface area (Å²) in [5.74, 6) is 0.735. The third kappa shape index (κ3) is 3.15. The summed E-state index contributed by atoms with van der Waals surface area (Å²) in [5, 5.41) is 23.2. The standard InChI is InChI=1S/C16H15N3O3/c1-11-14(7-12(9-17)8-15(11)19(20)21)18-10-13-5-3-4-6-16(13)22-2/h3-8,18H,10H2,1-2H3. The third-order valence-corrected chi connectivity index (χ3v) is 3.37. The lowest BCUT2D eigenvalue weighted by atomic mass is 10.1. The fraction of sp³-hybridized carbons (Fsp3) is 0.188. The SMILES string of the molecule is COc1ccccc1CNc1cc(C#N)cc([N+](=O)[O-])c1C. The van der Waals surface area contributed by atoms with Gasteiger partial charge in [-0.2, -0.15) is 5.26 Å². The van der Waals surface area contributed by atoms with E-state index in [9.17, 15) is 10.1 Å². The highest BCUT2D eigenvalue weighted by Gasteiger charge is 2.16. The molecule has 1 N–H and O–H groups in total. The number of ether oxygens (including phenoxy) is 1. The van der Waals surface area contributed by atoms with E-state index in [1.165, 1.54) is 6.07 Å². The minimum atomic E-state index is -0.482. The topological polar surface area (TPSA) is 88.2 Å². The summed E-state index contributed by atoms with van der Waals surface area (Å²) in [6, 6.07) is 12.3. The lowest BCUT2D eigenvalue weighted by Crippen LogP contribution is -2.05. The van der Waals surface area contributed by atoms with Gasteiger partial charge in [0.2, 0.25) is 0 Å². The van der Waals surface area contributed by atoms with Crippen molar-refractivity contribution in [3.63, 3.8) is 0 Å². The number of hydrogen-bond acceptors (Lipinski definition) is 5. The van der Waals surface area contributed by atoms with Crippen LogP contribution in [0.2, 0.25) is 0 Å². The highest BCUT2D eigenvalue weighted by atomic mass is 16.6. The van der Waals surface area contributed by atoms with E-state index in [4.69, 9.17) is 10.00 Å². The number of nitro groups is 1. The highest BCUT2D eigenvalue weighted by molar-refractivity contribution is 5.64. The highest BCUT2D eigenvalue weighted by Crippen LogP contribution is 2.28. The number of benzene rings is 2. The lowest BCUT2D eigenvalue weighted by molar-refractivity contribution is -0.385. The van der Waals surface area contributed by atoms with Crippen molar-refractivity contribution < 1.29 is 9.66 Å². The fourth-order valence-electron chi connectivity index (χ4n) is 2.18. The largest absolute Gasteiger partial charge is 0.496 e. The van der Waals surface area contributed by atoms with E-state index in [-0.39, 0.29) is 11.3 Å². The molecule has 0 fully saturated rings. The van der Waals surface area contributed by atoms with E-state index < -0.39 is 4.92 Å². The van der Waals surface area contributed by atoms with Gasteiger partial charge in [0.15, 0.2) is 0 Å². The Bertz CT molecular complexity index is 751. The van der Waals surface area contributed by atoms with Gasteiger partial charge in [-0.05, 0) is 19.1 Å². The van der Waals surface area contributed by atoms with Crippen molar-refractivity contribution in [2.45, 2.75) is 13.5 Å². The first kappa shape index (κ1) is 15.3. The van der Waals surface area contributed by atoms with Crippen LogP contribution in [0.15, 0.2) is 36.4 Å². The zero-order valence-corrected chi connectivity index (χ0v) is 12.3. The molecule has 2 aromatic rings. The minimum absolute atomic E-state index is 0.0680. The van der Waals surface area contributed by atoms with Crippen molar-refractivity contribution >= 4 is 11.4 Å². The number of nitrogens with one attached hydrogen (secondary N) is 1. The zero-order valence-electron chi connectivity index (χ0n) is 12.3. The van der Waals surface area contributed by atoms with Gasteiger partial charge in [0, 0.05) is 29.4 Å². The van der Waals surface area contributed by atoms with Crippen LogP contribution in [0.1, 0.15) is 16.7 Å². The van der Waals surface area contributed by atoms with Gasteiger partial charge in [-0.25, -0.2) is 0 Å². The van der Waals surface area contributed by atoms with Crippen molar-refractivity contribution in [1.82, 2.24) is 0 Å². The Morgan fingerprint density at radius 2 is 2.09 bits per heavy atom. The first-order chi connectivity index (χ1) is 10.6. The number of methoxy groups -OCH3 is 1. The maximum absolute atomic E-state index is 11.1. The minimum Gasteiger partial charge on any atom is -0.496 e. The van der Waals surface area contributed by atoms with Crippen LogP contribution in [0, 0.1) is 28.4 Å². The summed E-state index contributed by atoms with van der Waals surface area (Å²) in [5.41, 5.74) is 2.17. The number of nitro benzene ring substituents is 1. The Morgan fingerprint density at radius 3 is 2.73 bits per heavy atom. The van der Waals surface area contributed by atoms with Gasteiger partial charge in [-0.3, -0.25) is 10.1 Å². The number of hydrogen-bond donors (Lipinski definition) is 1. The predicted octanol–water partition coefficient (Wildman–Crippen LogP) is 3.40. The number of nitriles is 1. The number of para-hydroxylation sites is 1. The van der Waals surface area contributed by atoms with Crippen molar-refractivity contribution in [2.24, 2.45) is 0 Å². The summed E-state index contributed by atoms with van der Waals surface area (Å²) in [7, 11) is 1.59. The molecule has 0 aliphatic rings. The normalized spacial score (nSPS) is 9.86. The molecular formula is C16H15N3O3. The van der Waals surface area contributed by atoms with E-state index >= 15 is 0 Å². The third-order valence-electron chi connectivity index (χ3n) is 3.37. The predicted molar refractivity (Wildman–Crippen MR) is 82.9 cm³/mol. The molecular weight excluding hydrogens is 282 g/mol. The molecule has 0 unspecified atom stereocenters. The van der Waals surface area contributed by atoms with E-state index in [0.717, 1.165) is 11.3 Å². The molecule has 0 spiro atoms. The molecule has 0 saturated carbocycles. The Labute approximate surface area is 128 Å². The molecule has 2 aromatic carbocycles. The Morgan fingerprint density at radius 1 is 1.36 bits per heavy atom. The zero-order chi connectivity index (χ0) is 16.1. The lowest BCUT2D eigenvalue weighted by Gasteiger charge is -2.12. The molecule has 0 bridgehead atoms. The molecule has 0 heterocycles. The summed E-state index contributed by atoms with van der Waals surface area (Å²) in [6.07, 6.45) is 0. The summed E-state index contributed by atoms with van der Waals surface area (Å²) in [6.45, 7) is 2.10. The summed E-state index contributed by atoms with van der Waals surface area (Å²) < 4.78 is 5.27. The van der Waals surface area contributed by atoms with Crippen LogP contribution < -0.4 is 10.1 Å². The van der Waals surface area contributed by atoms with E-state index in [1.807, 2.05) is 30.3 Å². The van der Waals surface area contributed by atoms with Crippen LogP contribution in [0.3, 0.4) is 0 Å². The molecule has 0 radical (unpaired) electrons. The van der Waals surface area contributed by atoms with Gasteiger partial charge >= 0.3 is 0 Å². The van der Waals surface area contributed by atoms with Crippen molar-refractivity contribution in [3.8, 4) is 11.8 Å². The molecule has 0 atom stereocenters. The number of nitrogens with zero attached hydrogens (tertiary/aromatic N) is 2. The van der Waals surface area contributed by atoms with Crippen LogP contribution in [0.5, 0.6) is 5.75 Å². The molecule has 2 rings (SSSR count). The van der Waals surface area contributed by atoms with Crippen LogP contribution in [-0.2, 0) is 6.54 Å². The fourth-order valence-corrected chi connectivity index (χ4v) is 2.18. The second-order valence-electron chi connectivity index (χ2n) is 4.70. The van der Waals surface area contributed by atoms with Gasteiger partial charge in [0.05, 0.1) is 23.7 Å². The van der Waals surface area contributed by atoms with E-state index in [1.54, 1.807) is 20.1 Å². The quantitative estimate of drug-likeness (QED) is 0.675. The van der Waals surface area contributed by atoms with Gasteiger partial charge in [-0.1, -0.05) is 18.2 Å². The van der Waals surface area contributed by atoms with Crippen LogP contribution in [0.4, 0.5) is 11.4 Å².